The third kappa shape index (κ3) is 12.2. The Hall–Kier alpha value is -5.09. The van der Waals surface area contributed by atoms with Crippen LogP contribution < -0.4 is 19.5 Å². The largest absolute Gasteiger partial charge is 0.619 e. The molecule has 3 aliphatic heterocycles. The lowest BCUT2D eigenvalue weighted by Gasteiger charge is -2.44. The molecule has 8 rings (SSSR count). The summed E-state index contributed by atoms with van der Waals surface area (Å²) in [5.74, 6) is -1.15. The number of ether oxygens (including phenoxy) is 4. The SMILES string of the molecule is O=C(Cc1ccc(CNC(C(=O)O[C@H]2CN3CCC2CC3)c2ccccc2F)cc1)O[C@@H](Cc1c(Cl)c[n+]([O-])cc1Cl)c1ccc(OC(F)F)c(OCC2CC2)c1.O=CO. The number of carbonyl (C=O) groups is 3. The molecular formula is C43H44Cl2F3N3O9. The number of halogens is 5. The van der Waals surface area contributed by atoms with Crippen LogP contribution in [0.3, 0.4) is 0 Å². The van der Waals surface area contributed by atoms with E-state index >= 15 is 0 Å². The lowest BCUT2D eigenvalue weighted by Crippen LogP contribution is -2.52. The number of hydrogen-bond donors (Lipinski definition) is 2. The van der Waals surface area contributed by atoms with Gasteiger partial charge in [0.15, 0.2) is 23.9 Å². The molecule has 3 atom stereocenters. The summed E-state index contributed by atoms with van der Waals surface area (Å²) < 4.78 is 64.4. The minimum atomic E-state index is -3.08. The first-order chi connectivity index (χ1) is 28.9. The standard InChI is InChI=1S/C42H42Cl2F3N3O7.CH2O2/c43-32-21-50(53)22-33(44)31(32)19-36(29-11-12-35(57-42(46)47)37(18-29)54-24-27-9-10-27)55-39(51)17-25-5-7-26(8-6-25)20-48-40(30-3-1-2-4-34(30)45)41(52)56-38-23-49-15-13-28(38)14-16-49;2-1-3/h1-8,11-12,18,21-22,27-28,36,38,40,42,48H,9-10,13-17,19-20,23-24H2;1H,(H,2,3)/t36-,38-,40?;/m0./s1. The van der Waals surface area contributed by atoms with Gasteiger partial charge in [-0.1, -0.05) is 71.7 Å². The van der Waals surface area contributed by atoms with Gasteiger partial charge in [0, 0.05) is 30.6 Å². The molecule has 4 aliphatic rings. The number of esters is 2. The molecule has 1 aromatic heterocycles. The highest BCUT2D eigenvalue weighted by Gasteiger charge is 2.38. The smallest absolute Gasteiger partial charge is 0.387 e. The lowest BCUT2D eigenvalue weighted by atomic mass is 9.86. The molecule has 320 valence electrons. The number of carbonyl (C=O) groups excluding carboxylic acids is 2. The fourth-order valence-corrected chi connectivity index (χ4v) is 7.91. The van der Waals surface area contributed by atoms with Gasteiger partial charge < -0.3 is 29.3 Å². The van der Waals surface area contributed by atoms with Gasteiger partial charge in [-0.3, -0.25) is 19.8 Å². The first kappa shape index (κ1) is 44.5. The van der Waals surface area contributed by atoms with Crippen molar-refractivity contribution in [3.63, 3.8) is 0 Å². The summed E-state index contributed by atoms with van der Waals surface area (Å²) in [6, 6.07) is 16.5. The van der Waals surface area contributed by atoms with Gasteiger partial charge in [0.1, 0.15) is 34.1 Å². The average Bonchev–Trinajstić information content (AvgIpc) is 4.05. The van der Waals surface area contributed by atoms with E-state index in [0.717, 1.165) is 56.7 Å². The van der Waals surface area contributed by atoms with E-state index in [1.807, 2.05) is 0 Å². The predicted octanol–water partition coefficient (Wildman–Crippen LogP) is 7.39. The Morgan fingerprint density at radius 3 is 2.25 bits per heavy atom. The van der Waals surface area contributed by atoms with Crippen molar-refractivity contribution < 1.29 is 56.3 Å². The Morgan fingerprint density at radius 1 is 0.967 bits per heavy atom. The second-order valence-electron chi connectivity index (χ2n) is 14.9. The number of carboxylic acid groups (broad SMARTS) is 1. The molecular weight excluding hydrogens is 830 g/mol. The van der Waals surface area contributed by atoms with Crippen LogP contribution in [0.1, 0.15) is 65.6 Å². The summed E-state index contributed by atoms with van der Waals surface area (Å²) in [6.45, 7) is -0.145. The van der Waals surface area contributed by atoms with Gasteiger partial charge in [0.2, 0.25) is 0 Å². The van der Waals surface area contributed by atoms with E-state index in [-0.39, 0.29) is 59.1 Å². The molecule has 4 heterocycles. The maximum atomic E-state index is 15.0. The zero-order valence-corrected chi connectivity index (χ0v) is 33.8. The van der Waals surface area contributed by atoms with Crippen LogP contribution >= 0.6 is 23.2 Å². The molecule has 0 radical (unpaired) electrons. The Morgan fingerprint density at radius 2 is 1.63 bits per heavy atom. The molecule has 1 aliphatic carbocycles. The monoisotopic (exact) mass is 873 g/mol. The molecule has 12 nitrogen and oxygen atoms in total. The van der Waals surface area contributed by atoms with E-state index in [1.165, 1.54) is 24.3 Å². The van der Waals surface area contributed by atoms with Crippen LogP contribution in [0, 0.1) is 22.9 Å². The number of aromatic nitrogens is 1. The van der Waals surface area contributed by atoms with E-state index in [2.05, 4.69) is 10.2 Å². The molecule has 2 N–H and O–H groups in total. The van der Waals surface area contributed by atoms with E-state index < -0.39 is 36.5 Å². The predicted molar refractivity (Wildman–Crippen MR) is 213 cm³/mol. The number of nitrogens with one attached hydrogen (secondary N) is 1. The molecule has 3 aromatic carbocycles. The molecule has 0 spiro atoms. The number of alkyl halides is 2. The second kappa shape index (κ2) is 20.9. The normalized spacial score (nSPS) is 19.1. The van der Waals surface area contributed by atoms with Gasteiger partial charge in [0.05, 0.1) is 13.0 Å². The Kier molecular flexibility index (Phi) is 15.5. The third-order valence-corrected chi connectivity index (χ3v) is 11.3. The van der Waals surface area contributed by atoms with Gasteiger partial charge in [-0.15, -0.1) is 0 Å². The average molecular weight is 875 g/mol. The van der Waals surface area contributed by atoms with Crippen LogP contribution in [0.2, 0.25) is 10.0 Å². The zero-order valence-electron chi connectivity index (χ0n) is 32.3. The second-order valence-corrected chi connectivity index (χ2v) is 15.7. The molecule has 1 unspecified atom stereocenters. The van der Waals surface area contributed by atoms with Gasteiger partial charge in [0.25, 0.3) is 6.47 Å². The summed E-state index contributed by atoms with van der Waals surface area (Å²) in [4.78, 5) is 37.7. The van der Waals surface area contributed by atoms with Crippen molar-refractivity contribution in [2.75, 3.05) is 26.2 Å². The Bertz CT molecular complexity index is 2080. The van der Waals surface area contributed by atoms with E-state index in [4.69, 9.17) is 52.1 Å². The highest BCUT2D eigenvalue weighted by Crippen LogP contribution is 2.38. The number of hydrogen-bond acceptors (Lipinski definition) is 10. The number of nitrogens with zero attached hydrogens (tertiary/aromatic N) is 2. The Labute approximate surface area is 354 Å². The van der Waals surface area contributed by atoms with Crippen LogP contribution in [0.4, 0.5) is 13.2 Å². The summed E-state index contributed by atoms with van der Waals surface area (Å²) in [5.41, 5.74) is 2.33. The first-order valence-corrected chi connectivity index (χ1v) is 20.2. The van der Waals surface area contributed by atoms with Crippen molar-refractivity contribution in [3.8, 4) is 11.5 Å². The van der Waals surface area contributed by atoms with Crippen molar-refractivity contribution in [2.24, 2.45) is 11.8 Å². The lowest BCUT2D eigenvalue weighted by molar-refractivity contribution is -0.605. The maximum Gasteiger partial charge on any atom is 0.387 e. The van der Waals surface area contributed by atoms with Crippen molar-refractivity contribution in [1.82, 2.24) is 10.2 Å². The van der Waals surface area contributed by atoms with Crippen LogP contribution in [0.5, 0.6) is 11.5 Å². The minimum Gasteiger partial charge on any atom is -0.619 e. The fourth-order valence-electron chi connectivity index (χ4n) is 7.31. The van der Waals surface area contributed by atoms with Crippen molar-refractivity contribution in [3.05, 3.63) is 128 Å². The topological polar surface area (TPSA) is 151 Å². The summed E-state index contributed by atoms with van der Waals surface area (Å²) in [6.07, 6.45) is 4.70. The molecule has 0 amide bonds. The molecule has 60 heavy (non-hydrogen) atoms. The fraction of sp³-hybridized carbons (Fsp3) is 0.395. The molecule has 17 heteroatoms. The summed E-state index contributed by atoms with van der Waals surface area (Å²) in [5, 5.41) is 22.1. The number of piperidine rings is 3. The molecule has 3 saturated heterocycles. The van der Waals surface area contributed by atoms with Crippen LogP contribution in [0.25, 0.3) is 0 Å². The summed E-state index contributed by atoms with van der Waals surface area (Å²) in [7, 11) is 0. The van der Waals surface area contributed by atoms with E-state index in [0.29, 0.717) is 46.4 Å². The number of fused-ring (bicyclic) bond motifs is 3. The van der Waals surface area contributed by atoms with E-state index in [9.17, 15) is 28.0 Å². The maximum absolute atomic E-state index is 15.0. The van der Waals surface area contributed by atoms with Crippen LogP contribution in [-0.2, 0) is 43.2 Å². The van der Waals surface area contributed by atoms with E-state index in [1.54, 1.807) is 42.5 Å². The quantitative estimate of drug-likeness (QED) is 0.0473. The molecule has 2 bridgehead atoms. The van der Waals surface area contributed by atoms with Gasteiger partial charge >= 0.3 is 18.6 Å². The van der Waals surface area contributed by atoms with Crippen molar-refractivity contribution in [1.29, 1.82) is 0 Å². The van der Waals surface area contributed by atoms with Crippen molar-refractivity contribution in [2.45, 2.75) is 69.9 Å². The van der Waals surface area contributed by atoms with Gasteiger partial charge in [-0.25, -0.2) is 9.18 Å². The molecule has 4 aromatic rings. The summed E-state index contributed by atoms with van der Waals surface area (Å²) >= 11 is 12.8. The van der Waals surface area contributed by atoms with Crippen LogP contribution in [0.15, 0.2) is 79.1 Å². The Balaban J connectivity index is 0.00000195. The number of rotatable bonds is 17. The van der Waals surface area contributed by atoms with Gasteiger partial charge in [-0.2, -0.15) is 13.5 Å². The highest BCUT2D eigenvalue weighted by molar-refractivity contribution is 6.35. The molecule has 4 fully saturated rings. The van der Waals surface area contributed by atoms with Crippen molar-refractivity contribution >= 4 is 41.6 Å². The van der Waals surface area contributed by atoms with Crippen LogP contribution in [-0.4, -0.2) is 67.4 Å². The molecule has 1 saturated carbocycles. The number of benzene rings is 3. The minimum absolute atomic E-state index is 0.0444. The third-order valence-electron chi connectivity index (χ3n) is 10.6. The number of pyridine rings is 1. The van der Waals surface area contributed by atoms with Gasteiger partial charge in [-0.05, 0) is 85.5 Å². The highest BCUT2D eigenvalue weighted by atomic mass is 35.5. The zero-order chi connectivity index (χ0) is 42.8. The first-order valence-electron chi connectivity index (χ1n) is 19.4.